The maximum Gasteiger partial charge on any atom is 0.337 e. The van der Waals surface area contributed by atoms with Crippen molar-refractivity contribution in [3.05, 3.63) is 53.6 Å². The molecule has 9 atom stereocenters. The first-order chi connectivity index (χ1) is 26.5. The van der Waals surface area contributed by atoms with Crippen LogP contribution in [0.5, 0.6) is 0 Å². The number of hydrogen-bond acceptors (Lipinski definition) is 6. The molecule has 8 nitrogen and oxygen atoms in total. The number of fused-ring (bicyclic) bond motifs is 7. The number of nitrogens with zero attached hydrogens (tertiary/aromatic N) is 1. The van der Waals surface area contributed by atoms with E-state index >= 15 is 0 Å². The van der Waals surface area contributed by atoms with E-state index in [1.807, 2.05) is 17.0 Å². The van der Waals surface area contributed by atoms with Crippen molar-refractivity contribution < 1.29 is 28.7 Å². The molecular weight excluding hydrogens is 701 g/mol. The standard InChI is InChI=1S/C48H68N2O6/c1-30(2)48(43(54)49-27-20-39(51)50-28-21-34(22-29-50)42(53)56-9)26-17-32-16-24-46(6)36(40(32)48)14-15-38-45(5)23-18-35(31-10-12-33(13-11-31)41(52)55-8)44(3,4)37(45)19-25-47(38,46)7/h10-13,18,32,34,36-38,40H,1,14-17,19-29H2,2-9H3,(H,49,54)/t32-,36+,37-,38+,40+,45-,46+,47+,48-/m0/s1. The molecule has 1 N–H and O–H groups in total. The Balaban J connectivity index is 1.09. The summed E-state index contributed by atoms with van der Waals surface area (Å²) in [5, 5.41) is 3.29. The molecule has 2 amide bonds. The molecule has 1 aromatic carbocycles. The number of benzene rings is 1. The van der Waals surface area contributed by atoms with Crippen LogP contribution in [-0.4, -0.2) is 62.5 Å². The van der Waals surface area contributed by atoms with Gasteiger partial charge in [-0.2, -0.15) is 0 Å². The molecule has 1 heterocycles. The summed E-state index contributed by atoms with van der Waals surface area (Å²) in [7, 11) is 2.84. The Morgan fingerprint density at radius 1 is 0.821 bits per heavy atom. The minimum atomic E-state index is -0.614. The van der Waals surface area contributed by atoms with E-state index in [0.29, 0.717) is 61.7 Å². The van der Waals surface area contributed by atoms with Crippen LogP contribution in [0.15, 0.2) is 42.5 Å². The van der Waals surface area contributed by atoms with Crippen LogP contribution in [0.25, 0.3) is 5.57 Å². The molecule has 4 saturated carbocycles. The highest BCUT2D eigenvalue weighted by Crippen LogP contribution is 2.77. The van der Waals surface area contributed by atoms with Crippen molar-refractivity contribution in [2.45, 2.75) is 119 Å². The van der Waals surface area contributed by atoms with Gasteiger partial charge >= 0.3 is 11.9 Å². The molecule has 5 fully saturated rings. The van der Waals surface area contributed by atoms with Gasteiger partial charge in [0.15, 0.2) is 0 Å². The monoisotopic (exact) mass is 769 g/mol. The lowest BCUT2D eigenvalue weighted by Crippen LogP contribution is -2.65. The van der Waals surface area contributed by atoms with Gasteiger partial charge < -0.3 is 19.7 Å². The van der Waals surface area contributed by atoms with Gasteiger partial charge in [-0.15, -0.1) is 0 Å². The fraction of sp³-hybridized carbons (Fsp3) is 0.708. The van der Waals surface area contributed by atoms with Crippen LogP contribution < -0.4 is 5.32 Å². The molecular formula is C48H68N2O6. The number of allylic oxidation sites excluding steroid dienone is 2. The summed E-state index contributed by atoms with van der Waals surface area (Å²) in [6, 6.07) is 7.99. The number of piperidine rings is 1. The van der Waals surface area contributed by atoms with Crippen LogP contribution in [-0.2, 0) is 23.9 Å². The normalized spacial score (nSPS) is 37.5. The van der Waals surface area contributed by atoms with E-state index in [2.05, 4.69) is 71.6 Å². The molecule has 8 heteroatoms. The second-order valence-electron chi connectivity index (χ2n) is 20.1. The third-order valence-corrected chi connectivity index (χ3v) is 17.8. The van der Waals surface area contributed by atoms with Crippen molar-refractivity contribution in [1.82, 2.24) is 10.2 Å². The second kappa shape index (κ2) is 14.8. The second-order valence-corrected chi connectivity index (χ2v) is 20.1. The molecule has 0 aromatic heterocycles. The Kier molecular flexibility index (Phi) is 10.7. The number of esters is 2. The van der Waals surface area contributed by atoms with Gasteiger partial charge in [-0.25, -0.2) is 4.79 Å². The van der Waals surface area contributed by atoms with E-state index in [9.17, 15) is 19.2 Å². The van der Waals surface area contributed by atoms with Crippen LogP contribution in [0.2, 0.25) is 0 Å². The summed E-state index contributed by atoms with van der Waals surface area (Å²) in [4.78, 5) is 53.9. The zero-order valence-electron chi connectivity index (χ0n) is 35.6. The molecule has 5 aliphatic carbocycles. The molecule has 1 saturated heterocycles. The van der Waals surface area contributed by atoms with Crippen molar-refractivity contribution in [1.29, 1.82) is 0 Å². The van der Waals surface area contributed by atoms with Crippen LogP contribution in [0.1, 0.15) is 135 Å². The molecule has 6 aliphatic rings. The molecule has 56 heavy (non-hydrogen) atoms. The van der Waals surface area contributed by atoms with Gasteiger partial charge in [-0.1, -0.05) is 65.0 Å². The number of carbonyl (C=O) groups excluding carboxylic acids is 4. The summed E-state index contributed by atoms with van der Waals surface area (Å²) < 4.78 is 9.88. The first kappa shape index (κ1) is 40.8. The molecule has 1 aromatic rings. The topological polar surface area (TPSA) is 102 Å². The minimum absolute atomic E-state index is 0.0178. The zero-order chi connectivity index (χ0) is 40.4. The fourth-order valence-corrected chi connectivity index (χ4v) is 14.8. The average Bonchev–Trinajstić information content (AvgIpc) is 3.58. The Labute approximate surface area is 336 Å². The summed E-state index contributed by atoms with van der Waals surface area (Å²) in [6.07, 6.45) is 14.1. The third kappa shape index (κ3) is 6.12. The van der Waals surface area contributed by atoms with Crippen LogP contribution >= 0.6 is 0 Å². The van der Waals surface area contributed by atoms with E-state index < -0.39 is 5.41 Å². The van der Waals surface area contributed by atoms with E-state index in [0.717, 1.165) is 31.3 Å². The Morgan fingerprint density at radius 2 is 1.48 bits per heavy atom. The Morgan fingerprint density at radius 3 is 2.12 bits per heavy atom. The largest absolute Gasteiger partial charge is 0.469 e. The van der Waals surface area contributed by atoms with Crippen molar-refractivity contribution >= 4 is 29.3 Å². The van der Waals surface area contributed by atoms with Gasteiger partial charge in [0.2, 0.25) is 11.8 Å². The average molecular weight is 769 g/mol. The SMILES string of the molecule is C=C(C)[C@@]1(C(=O)NCCC(=O)N2CCC(C(=O)OC)CC2)CC[C@@H]2CC[C@]3(C)[C@H](CC[C@@H]4[C@@]5(C)CC=C(c6ccc(C(=O)OC)cc6)C(C)(C)[C@@H]5CC[C@]43C)[C@@H]21. The van der Waals surface area contributed by atoms with Crippen molar-refractivity contribution in [2.75, 3.05) is 33.9 Å². The van der Waals surface area contributed by atoms with Gasteiger partial charge in [-0.05, 0) is 152 Å². The molecule has 0 bridgehead atoms. The maximum absolute atomic E-state index is 14.7. The lowest BCUT2D eigenvalue weighted by Gasteiger charge is -2.72. The molecule has 1 aliphatic heterocycles. The van der Waals surface area contributed by atoms with Crippen LogP contribution in [0.3, 0.4) is 0 Å². The number of amides is 2. The lowest BCUT2D eigenvalue weighted by molar-refractivity contribution is -0.219. The summed E-state index contributed by atoms with van der Waals surface area (Å²) in [5.41, 5.74) is 3.96. The predicted molar refractivity (Wildman–Crippen MR) is 219 cm³/mol. The lowest BCUT2D eigenvalue weighted by atomic mass is 9.33. The fourth-order valence-electron chi connectivity index (χ4n) is 14.8. The van der Waals surface area contributed by atoms with E-state index in [4.69, 9.17) is 9.47 Å². The predicted octanol–water partition coefficient (Wildman–Crippen LogP) is 9.04. The van der Waals surface area contributed by atoms with Gasteiger partial charge in [0.1, 0.15) is 0 Å². The first-order valence-electron chi connectivity index (χ1n) is 21.7. The highest BCUT2D eigenvalue weighted by molar-refractivity contribution is 5.90. The smallest absolute Gasteiger partial charge is 0.337 e. The van der Waals surface area contributed by atoms with Crippen LogP contribution in [0.4, 0.5) is 0 Å². The number of rotatable bonds is 8. The van der Waals surface area contributed by atoms with E-state index in [1.165, 1.54) is 57.5 Å². The maximum atomic E-state index is 14.7. The molecule has 7 rings (SSSR count). The minimum Gasteiger partial charge on any atom is -0.469 e. The molecule has 0 radical (unpaired) electrons. The summed E-state index contributed by atoms with van der Waals surface area (Å²) in [5.74, 6) is 1.82. The number of nitrogens with one attached hydrogen (secondary N) is 1. The van der Waals surface area contributed by atoms with Gasteiger partial charge in [0, 0.05) is 26.1 Å². The van der Waals surface area contributed by atoms with Crippen LogP contribution in [0, 0.1) is 62.6 Å². The van der Waals surface area contributed by atoms with Gasteiger partial charge in [-0.3, -0.25) is 14.4 Å². The van der Waals surface area contributed by atoms with Gasteiger partial charge in [0.25, 0.3) is 0 Å². The molecule has 0 spiro atoms. The number of methoxy groups -OCH3 is 2. The Hall–Kier alpha value is -3.42. The van der Waals surface area contributed by atoms with Crippen molar-refractivity contribution in [3.63, 3.8) is 0 Å². The van der Waals surface area contributed by atoms with Crippen molar-refractivity contribution in [3.8, 4) is 0 Å². The van der Waals surface area contributed by atoms with Crippen molar-refractivity contribution in [2.24, 2.45) is 62.6 Å². The van der Waals surface area contributed by atoms with E-state index in [1.54, 1.807) is 0 Å². The summed E-state index contributed by atoms with van der Waals surface area (Å²) in [6.45, 7) is 20.8. The highest BCUT2D eigenvalue weighted by Gasteiger charge is 2.70. The highest BCUT2D eigenvalue weighted by atomic mass is 16.5. The summed E-state index contributed by atoms with van der Waals surface area (Å²) >= 11 is 0. The van der Waals surface area contributed by atoms with Gasteiger partial charge in [0.05, 0.1) is 31.1 Å². The first-order valence-corrected chi connectivity index (χ1v) is 21.7. The number of likely N-dealkylation sites (tertiary alicyclic amines) is 1. The quantitative estimate of drug-likeness (QED) is 0.209. The number of carbonyl (C=O) groups is 4. The number of ether oxygens (including phenoxy) is 2. The zero-order valence-corrected chi connectivity index (χ0v) is 35.6. The molecule has 0 unspecified atom stereocenters. The Bertz CT molecular complexity index is 1770. The molecule has 306 valence electrons. The van der Waals surface area contributed by atoms with E-state index in [-0.39, 0.29) is 63.7 Å². The third-order valence-electron chi connectivity index (χ3n) is 17.8. The number of hydrogen-bond donors (Lipinski definition) is 1.